The standard InChI is InChI=1S/C10H13BrN2O2/c1-13(5-6-15-2)10(14)8-3-4-12-9(11)7-8/h3-4,7H,5-6H2,1-2H3. The summed E-state index contributed by atoms with van der Waals surface area (Å²) in [6.45, 7) is 1.11. The van der Waals surface area contributed by atoms with E-state index in [-0.39, 0.29) is 5.91 Å². The maximum Gasteiger partial charge on any atom is 0.253 e. The highest BCUT2D eigenvalue weighted by molar-refractivity contribution is 9.10. The number of aromatic nitrogens is 1. The second-order valence-corrected chi connectivity index (χ2v) is 3.90. The number of hydrogen-bond acceptors (Lipinski definition) is 3. The van der Waals surface area contributed by atoms with E-state index in [1.165, 1.54) is 0 Å². The van der Waals surface area contributed by atoms with Crippen molar-refractivity contribution in [2.45, 2.75) is 0 Å². The van der Waals surface area contributed by atoms with E-state index in [1.54, 1.807) is 37.4 Å². The van der Waals surface area contributed by atoms with Gasteiger partial charge >= 0.3 is 0 Å². The van der Waals surface area contributed by atoms with Crippen LogP contribution in [0.3, 0.4) is 0 Å². The Kier molecular flexibility index (Phi) is 4.71. The maximum atomic E-state index is 11.8. The Labute approximate surface area is 97.4 Å². The van der Waals surface area contributed by atoms with Crippen LogP contribution in [0.2, 0.25) is 0 Å². The van der Waals surface area contributed by atoms with Crippen molar-refractivity contribution in [3.05, 3.63) is 28.5 Å². The molecule has 0 aliphatic heterocycles. The van der Waals surface area contributed by atoms with Crippen LogP contribution in [0.4, 0.5) is 0 Å². The lowest BCUT2D eigenvalue weighted by molar-refractivity contribution is 0.0744. The topological polar surface area (TPSA) is 42.4 Å². The lowest BCUT2D eigenvalue weighted by atomic mass is 10.2. The number of amides is 1. The molecule has 0 aliphatic rings. The zero-order valence-corrected chi connectivity index (χ0v) is 10.3. The molecule has 5 heteroatoms. The van der Waals surface area contributed by atoms with E-state index in [0.717, 1.165) is 0 Å². The fourth-order valence-corrected chi connectivity index (χ4v) is 1.45. The molecule has 0 N–H and O–H groups in total. The number of pyridine rings is 1. The number of ether oxygens (including phenoxy) is 1. The van der Waals surface area contributed by atoms with Gasteiger partial charge in [0.15, 0.2) is 0 Å². The van der Waals surface area contributed by atoms with Crippen LogP contribution < -0.4 is 0 Å². The molecule has 82 valence electrons. The first-order valence-corrected chi connectivity index (χ1v) is 5.30. The van der Waals surface area contributed by atoms with E-state index in [1.807, 2.05) is 0 Å². The number of carbonyl (C=O) groups is 1. The van der Waals surface area contributed by atoms with Gasteiger partial charge in [0.25, 0.3) is 5.91 Å². The number of rotatable bonds is 4. The predicted octanol–water partition coefficient (Wildman–Crippen LogP) is 1.56. The Bertz CT molecular complexity index is 344. The Hall–Kier alpha value is -0.940. The van der Waals surface area contributed by atoms with Crippen LogP contribution in [-0.2, 0) is 4.74 Å². The van der Waals surface area contributed by atoms with Crippen LogP contribution in [0, 0.1) is 0 Å². The summed E-state index contributed by atoms with van der Waals surface area (Å²) in [6, 6.07) is 3.39. The van der Waals surface area contributed by atoms with Crippen molar-refractivity contribution in [1.82, 2.24) is 9.88 Å². The molecule has 15 heavy (non-hydrogen) atoms. The molecular weight excluding hydrogens is 260 g/mol. The quantitative estimate of drug-likeness (QED) is 0.782. The summed E-state index contributed by atoms with van der Waals surface area (Å²) in [5.74, 6) is -0.0323. The third kappa shape index (κ3) is 3.60. The molecule has 1 amide bonds. The number of hydrogen-bond donors (Lipinski definition) is 0. The summed E-state index contributed by atoms with van der Waals surface area (Å²) < 4.78 is 5.57. The van der Waals surface area contributed by atoms with Crippen molar-refractivity contribution in [3.8, 4) is 0 Å². The highest BCUT2D eigenvalue weighted by Crippen LogP contribution is 2.09. The summed E-state index contributed by atoms with van der Waals surface area (Å²) in [4.78, 5) is 17.4. The normalized spacial score (nSPS) is 10.1. The van der Waals surface area contributed by atoms with Gasteiger partial charge in [-0.2, -0.15) is 0 Å². The molecule has 0 radical (unpaired) electrons. The number of halogens is 1. The minimum atomic E-state index is -0.0323. The Morgan fingerprint density at radius 3 is 3.00 bits per heavy atom. The summed E-state index contributed by atoms with van der Waals surface area (Å²) in [7, 11) is 3.36. The molecule has 1 aromatic rings. The van der Waals surface area contributed by atoms with Crippen LogP contribution in [0.5, 0.6) is 0 Å². The number of methoxy groups -OCH3 is 1. The SMILES string of the molecule is COCCN(C)C(=O)c1ccnc(Br)c1. The average Bonchev–Trinajstić information content (AvgIpc) is 2.24. The number of carbonyl (C=O) groups excluding carboxylic acids is 1. The van der Waals surface area contributed by atoms with Gasteiger partial charge in [-0.25, -0.2) is 4.98 Å². The molecule has 0 spiro atoms. The highest BCUT2D eigenvalue weighted by Gasteiger charge is 2.11. The smallest absolute Gasteiger partial charge is 0.253 e. The maximum absolute atomic E-state index is 11.8. The molecule has 0 atom stereocenters. The van der Waals surface area contributed by atoms with E-state index < -0.39 is 0 Å². The van der Waals surface area contributed by atoms with E-state index in [2.05, 4.69) is 20.9 Å². The van der Waals surface area contributed by atoms with Crippen LogP contribution in [0.1, 0.15) is 10.4 Å². The Morgan fingerprint density at radius 2 is 2.40 bits per heavy atom. The van der Waals surface area contributed by atoms with Gasteiger partial charge in [0.1, 0.15) is 4.60 Å². The number of nitrogens with zero attached hydrogens (tertiary/aromatic N) is 2. The molecule has 0 unspecified atom stereocenters. The van der Waals surface area contributed by atoms with Crippen molar-refractivity contribution in [2.75, 3.05) is 27.3 Å². The molecule has 0 saturated carbocycles. The first-order chi connectivity index (χ1) is 7.15. The molecule has 0 aliphatic carbocycles. The van der Waals surface area contributed by atoms with E-state index in [4.69, 9.17) is 4.74 Å². The zero-order valence-electron chi connectivity index (χ0n) is 8.74. The second kappa shape index (κ2) is 5.82. The van der Waals surface area contributed by atoms with Crippen LogP contribution >= 0.6 is 15.9 Å². The molecule has 4 nitrogen and oxygen atoms in total. The van der Waals surface area contributed by atoms with Crippen molar-refractivity contribution >= 4 is 21.8 Å². The first-order valence-electron chi connectivity index (χ1n) is 4.51. The molecule has 1 aromatic heterocycles. The molecule has 0 bridgehead atoms. The molecule has 0 aromatic carbocycles. The summed E-state index contributed by atoms with van der Waals surface area (Å²) >= 11 is 3.23. The fourth-order valence-electron chi connectivity index (χ4n) is 1.09. The molecule has 0 fully saturated rings. The lowest BCUT2D eigenvalue weighted by Gasteiger charge is -2.16. The molecule has 0 saturated heterocycles. The molecular formula is C10H13BrN2O2. The fraction of sp³-hybridized carbons (Fsp3) is 0.400. The van der Waals surface area contributed by atoms with Gasteiger partial charge in [0.05, 0.1) is 6.61 Å². The van der Waals surface area contributed by atoms with Crippen molar-refractivity contribution in [3.63, 3.8) is 0 Å². The minimum absolute atomic E-state index is 0.0323. The summed E-state index contributed by atoms with van der Waals surface area (Å²) in [5, 5.41) is 0. The molecule has 1 heterocycles. The van der Waals surface area contributed by atoms with E-state index in [9.17, 15) is 4.79 Å². The number of likely N-dealkylation sites (N-methyl/N-ethyl adjacent to an activating group) is 1. The van der Waals surface area contributed by atoms with E-state index >= 15 is 0 Å². The van der Waals surface area contributed by atoms with Gasteiger partial charge in [-0.05, 0) is 28.1 Å². The second-order valence-electron chi connectivity index (χ2n) is 3.09. The van der Waals surface area contributed by atoms with Gasteiger partial charge in [-0.1, -0.05) is 0 Å². The largest absolute Gasteiger partial charge is 0.383 e. The van der Waals surface area contributed by atoms with Gasteiger partial charge in [0, 0.05) is 32.5 Å². The third-order valence-electron chi connectivity index (χ3n) is 1.95. The highest BCUT2D eigenvalue weighted by atomic mass is 79.9. The molecule has 1 rings (SSSR count). The van der Waals surface area contributed by atoms with Crippen molar-refractivity contribution < 1.29 is 9.53 Å². The summed E-state index contributed by atoms with van der Waals surface area (Å²) in [5.41, 5.74) is 0.621. The van der Waals surface area contributed by atoms with E-state index in [0.29, 0.717) is 23.3 Å². The average molecular weight is 273 g/mol. The minimum Gasteiger partial charge on any atom is -0.383 e. The Balaban J connectivity index is 2.67. The zero-order chi connectivity index (χ0) is 11.3. The van der Waals surface area contributed by atoms with Crippen LogP contribution in [0.15, 0.2) is 22.9 Å². The van der Waals surface area contributed by atoms with Gasteiger partial charge in [-0.3, -0.25) is 4.79 Å². The van der Waals surface area contributed by atoms with Crippen LogP contribution in [0.25, 0.3) is 0 Å². The van der Waals surface area contributed by atoms with Crippen LogP contribution in [-0.4, -0.2) is 43.1 Å². The van der Waals surface area contributed by atoms with Gasteiger partial charge in [0.2, 0.25) is 0 Å². The predicted molar refractivity (Wildman–Crippen MR) is 60.8 cm³/mol. The monoisotopic (exact) mass is 272 g/mol. The third-order valence-corrected chi connectivity index (χ3v) is 2.38. The van der Waals surface area contributed by atoms with Crippen molar-refractivity contribution in [1.29, 1.82) is 0 Å². The lowest BCUT2D eigenvalue weighted by Crippen LogP contribution is -2.29. The van der Waals surface area contributed by atoms with Gasteiger partial charge in [-0.15, -0.1) is 0 Å². The first kappa shape index (κ1) is 12.1. The van der Waals surface area contributed by atoms with Crippen molar-refractivity contribution in [2.24, 2.45) is 0 Å². The summed E-state index contributed by atoms with van der Waals surface area (Å²) in [6.07, 6.45) is 1.60. The Morgan fingerprint density at radius 1 is 1.67 bits per heavy atom. The van der Waals surface area contributed by atoms with Gasteiger partial charge < -0.3 is 9.64 Å².